The molecule has 0 aliphatic rings. The first-order chi connectivity index (χ1) is 12.3. The first kappa shape index (κ1) is 18.2. The average Bonchev–Trinajstić information content (AvgIpc) is 3.03. The minimum Gasteiger partial charge on any atom is -0.359 e. The predicted octanol–water partition coefficient (Wildman–Crippen LogP) is 5.63. The molecule has 3 nitrogen and oxygen atoms in total. The van der Waals surface area contributed by atoms with Crippen LogP contribution in [-0.4, -0.2) is 9.97 Å². The predicted molar refractivity (Wildman–Crippen MR) is 84.8 cm³/mol. The molecule has 26 heavy (non-hydrogen) atoms. The van der Waals surface area contributed by atoms with Crippen LogP contribution < -0.4 is 4.72 Å². The third kappa shape index (κ3) is 3.79. The van der Waals surface area contributed by atoms with Crippen molar-refractivity contribution in [2.75, 3.05) is 4.72 Å². The quantitative estimate of drug-likeness (QED) is 0.449. The van der Waals surface area contributed by atoms with Crippen LogP contribution in [0.15, 0.2) is 47.6 Å². The lowest BCUT2D eigenvalue weighted by Crippen LogP contribution is -2.09. The molecule has 0 bridgehead atoms. The number of halogens is 6. The summed E-state index contributed by atoms with van der Waals surface area (Å²) in [5.41, 5.74) is -1.70. The summed E-state index contributed by atoms with van der Waals surface area (Å²) in [5, 5.41) is 0. The van der Waals surface area contributed by atoms with E-state index in [-0.39, 0.29) is 11.8 Å². The molecule has 136 valence electrons. The van der Waals surface area contributed by atoms with Crippen molar-refractivity contribution in [2.24, 2.45) is 0 Å². The lowest BCUT2D eigenvalue weighted by atomic mass is 10.2. The van der Waals surface area contributed by atoms with Gasteiger partial charge in [-0.2, -0.15) is 13.2 Å². The summed E-state index contributed by atoms with van der Waals surface area (Å²) in [6, 6.07) is 4.68. The fourth-order valence-corrected chi connectivity index (χ4v) is 2.79. The van der Waals surface area contributed by atoms with E-state index in [1.165, 1.54) is 30.6 Å². The van der Waals surface area contributed by atoms with Crippen LogP contribution in [0, 0.1) is 17.5 Å². The summed E-state index contributed by atoms with van der Waals surface area (Å²) in [5.74, 6) is -3.39. The number of anilines is 1. The van der Waals surface area contributed by atoms with Gasteiger partial charge in [0.1, 0.15) is 17.3 Å². The van der Waals surface area contributed by atoms with Crippen molar-refractivity contribution in [3.8, 4) is 11.4 Å². The van der Waals surface area contributed by atoms with Gasteiger partial charge in [0.15, 0.2) is 5.82 Å². The molecule has 0 unspecified atom stereocenters. The van der Waals surface area contributed by atoms with Crippen LogP contribution in [-0.2, 0) is 6.18 Å². The zero-order valence-electron chi connectivity index (χ0n) is 12.7. The first-order valence-corrected chi connectivity index (χ1v) is 7.86. The minimum atomic E-state index is -4.99. The Bertz CT molecular complexity index is 938. The average molecular weight is 389 g/mol. The second kappa shape index (κ2) is 6.94. The molecular formula is C16H9F6N3S. The highest BCUT2D eigenvalue weighted by atomic mass is 32.2. The number of nitrogens with one attached hydrogen (secondary N) is 2. The Morgan fingerprint density at radius 2 is 1.77 bits per heavy atom. The number of aromatic nitrogens is 2. The number of rotatable bonds is 4. The molecule has 0 aliphatic carbocycles. The summed E-state index contributed by atoms with van der Waals surface area (Å²) in [6.45, 7) is 0. The molecule has 0 spiro atoms. The van der Waals surface area contributed by atoms with E-state index in [0.717, 1.165) is 11.9 Å². The van der Waals surface area contributed by atoms with Crippen LogP contribution in [0.25, 0.3) is 11.4 Å². The minimum absolute atomic E-state index is 0.0751. The molecule has 3 aromatic rings. The Morgan fingerprint density at radius 3 is 2.46 bits per heavy atom. The molecule has 2 N–H and O–H groups in total. The molecule has 1 aromatic carbocycles. The van der Waals surface area contributed by atoms with Gasteiger partial charge in [0.25, 0.3) is 0 Å². The molecule has 0 radical (unpaired) electrons. The van der Waals surface area contributed by atoms with Crippen LogP contribution in [0.4, 0.5) is 32.0 Å². The largest absolute Gasteiger partial charge is 0.419 e. The van der Waals surface area contributed by atoms with E-state index < -0.39 is 34.9 Å². The van der Waals surface area contributed by atoms with Crippen molar-refractivity contribution in [3.05, 3.63) is 65.7 Å². The van der Waals surface area contributed by atoms with Crippen molar-refractivity contribution in [2.45, 2.75) is 11.1 Å². The van der Waals surface area contributed by atoms with Crippen molar-refractivity contribution in [1.82, 2.24) is 9.97 Å². The highest BCUT2D eigenvalue weighted by molar-refractivity contribution is 8.00. The van der Waals surface area contributed by atoms with E-state index in [9.17, 15) is 26.3 Å². The maximum atomic E-state index is 13.8. The number of H-pyrrole nitrogens is 1. The van der Waals surface area contributed by atoms with Crippen molar-refractivity contribution in [3.63, 3.8) is 0 Å². The Labute approximate surface area is 147 Å². The number of nitrogens with zero attached hydrogens (tertiary/aromatic N) is 1. The molecule has 3 rings (SSSR count). The third-order valence-corrected chi connectivity index (χ3v) is 4.10. The summed E-state index contributed by atoms with van der Waals surface area (Å²) in [6.07, 6.45) is -2.12. The maximum Gasteiger partial charge on any atom is 0.419 e. The number of alkyl halides is 3. The van der Waals surface area contributed by atoms with Gasteiger partial charge in [-0.05, 0) is 36.2 Å². The Morgan fingerprint density at radius 1 is 1.00 bits per heavy atom. The molecular weight excluding hydrogens is 380 g/mol. The Kier molecular flexibility index (Phi) is 4.86. The lowest BCUT2D eigenvalue weighted by molar-refractivity contribution is -0.140. The summed E-state index contributed by atoms with van der Waals surface area (Å²) < 4.78 is 81.0. The van der Waals surface area contributed by atoms with Gasteiger partial charge >= 0.3 is 6.18 Å². The van der Waals surface area contributed by atoms with Crippen LogP contribution in [0.2, 0.25) is 0 Å². The standard InChI is InChI=1S/C16H9F6N3S/c17-10-2-1-3-23-15(10)14-4-8(7-24-14)26-25-13-6-11(18)9(5-12(13)19)16(20,21)22/h1-7,24-25H. The number of aromatic amines is 1. The van der Waals surface area contributed by atoms with E-state index in [4.69, 9.17) is 0 Å². The van der Waals surface area contributed by atoms with Gasteiger partial charge in [-0.25, -0.2) is 13.2 Å². The van der Waals surface area contributed by atoms with Gasteiger partial charge in [-0.15, -0.1) is 0 Å². The second-order valence-electron chi connectivity index (χ2n) is 5.10. The van der Waals surface area contributed by atoms with E-state index >= 15 is 0 Å². The van der Waals surface area contributed by atoms with Gasteiger partial charge < -0.3 is 9.71 Å². The third-order valence-electron chi connectivity index (χ3n) is 3.31. The monoisotopic (exact) mass is 389 g/mol. The summed E-state index contributed by atoms with van der Waals surface area (Å²) in [4.78, 5) is 7.12. The highest BCUT2D eigenvalue weighted by Crippen LogP contribution is 2.35. The second-order valence-corrected chi connectivity index (χ2v) is 5.98. The van der Waals surface area contributed by atoms with Crippen molar-refractivity contribution < 1.29 is 26.3 Å². The molecule has 0 aliphatic heterocycles. The van der Waals surface area contributed by atoms with Gasteiger partial charge in [-0.3, -0.25) is 4.98 Å². The van der Waals surface area contributed by atoms with Crippen LogP contribution in [0.3, 0.4) is 0 Å². The topological polar surface area (TPSA) is 40.7 Å². The number of hydrogen-bond acceptors (Lipinski definition) is 3. The molecule has 0 amide bonds. The molecule has 0 fully saturated rings. The SMILES string of the molecule is Fc1cc(C(F)(F)F)c(F)cc1NSc1c[nH]c(-c2ncccc2F)c1. The maximum absolute atomic E-state index is 13.8. The fraction of sp³-hybridized carbons (Fsp3) is 0.0625. The molecule has 2 heterocycles. The van der Waals surface area contributed by atoms with Gasteiger partial charge in [0.2, 0.25) is 0 Å². The molecule has 0 saturated carbocycles. The summed E-state index contributed by atoms with van der Waals surface area (Å²) >= 11 is 0.812. The van der Waals surface area contributed by atoms with Crippen LogP contribution >= 0.6 is 11.9 Å². The Balaban J connectivity index is 1.76. The first-order valence-electron chi connectivity index (χ1n) is 7.04. The van der Waals surface area contributed by atoms with Crippen molar-refractivity contribution in [1.29, 1.82) is 0 Å². The fourth-order valence-electron chi connectivity index (χ4n) is 2.11. The van der Waals surface area contributed by atoms with Gasteiger partial charge in [0, 0.05) is 23.4 Å². The molecule has 0 saturated heterocycles. The van der Waals surface area contributed by atoms with Crippen LogP contribution in [0.1, 0.15) is 5.56 Å². The highest BCUT2D eigenvalue weighted by Gasteiger charge is 2.35. The van der Waals surface area contributed by atoms with Gasteiger partial charge in [-0.1, -0.05) is 0 Å². The number of pyridine rings is 1. The normalized spacial score (nSPS) is 11.6. The summed E-state index contributed by atoms with van der Waals surface area (Å²) in [7, 11) is 0. The van der Waals surface area contributed by atoms with Gasteiger partial charge in [0.05, 0.1) is 16.9 Å². The lowest BCUT2D eigenvalue weighted by Gasteiger charge is -2.11. The van der Waals surface area contributed by atoms with E-state index in [0.29, 0.717) is 16.7 Å². The van der Waals surface area contributed by atoms with E-state index in [1.807, 2.05) is 0 Å². The van der Waals surface area contributed by atoms with E-state index in [2.05, 4.69) is 14.7 Å². The smallest absolute Gasteiger partial charge is 0.359 e. The Hall–Kier alpha value is -2.62. The van der Waals surface area contributed by atoms with E-state index in [1.54, 1.807) is 0 Å². The van der Waals surface area contributed by atoms with Crippen molar-refractivity contribution >= 4 is 17.6 Å². The zero-order valence-corrected chi connectivity index (χ0v) is 13.5. The number of benzene rings is 1. The zero-order chi connectivity index (χ0) is 18.9. The number of hydrogen-bond donors (Lipinski definition) is 2. The van der Waals surface area contributed by atoms with Crippen LogP contribution in [0.5, 0.6) is 0 Å². The molecule has 2 aromatic heterocycles. The molecule has 0 atom stereocenters. The molecule has 10 heteroatoms.